The molecule has 0 saturated heterocycles. The predicted molar refractivity (Wildman–Crippen MR) is 83.2 cm³/mol. The first kappa shape index (κ1) is 17.0. The Bertz CT molecular complexity index is 468. The third-order valence-corrected chi connectivity index (χ3v) is 3.73. The molecule has 0 saturated carbocycles. The molecule has 20 heavy (non-hydrogen) atoms. The van der Waals surface area contributed by atoms with Gasteiger partial charge in [-0.1, -0.05) is 0 Å². The van der Waals surface area contributed by atoms with Crippen molar-refractivity contribution in [1.29, 1.82) is 0 Å². The van der Waals surface area contributed by atoms with Crippen LogP contribution in [0.3, 0.4) is 0 Å². The van der Waals surface area contributed by atoms with Crippen molar-refractivity contribution in [2.75, 3.05) is 13.1 Å². The van der Waals surface area contributed by atoms with Gasteiger partial charge in [-0.15, -0.1) is 11.3 Å². The molecule has 1 aromatic rings. The van der Waals surface area contributed by atoms with Gasteiger partial charge in [0.1, 0.15) is 5.60 Å². The summed E-state index contributed by atoms with van der Waals surface area (Å²) in [6, 6.07) is 3.60. The maximum Gasteiger partial charge on any atom is 0.407 e. The maximum atomic E-state index is 11.7. The fourth-order valence-electron chi connectivity index (χ4n) is 1.32. The number of carbonyl (C=O) groups is 2. The van der Waals surface area contributed by atoms with E-state index in [9.17, 15) is 9.59 Å². The summed E-state index contributed by atoms with van der Waals surface area (Å²) >= 11 is 4.70. The quantitative estimate of drug-likeness (QED) is 0.790. The van der Waals surface area contributed by atoms with E-state index in [-0.39, 0.29) is 5.91 Å². The SMILES string of the molecule is CC(C)(C)OC(=O)NCCCNC(=O)c1ccc(Br)s1. The standard InChI is InChI=1S/C13H19BrN2O3S/c1-13(2,3)19-12(18)16-8-4-7-15-11(17)9-5-6-10(14)20-9/h5-6H,4,7-8H2,1-3H3,(H,15,17)(H,16,18). The van der Waals surface area contributed by atoms with Crippen molar-refractivity contribution >= 4 is 39.3 Å². The van der Waals surface area contributed by atoms with E-state index in [4.69, 9.17) is 4.74 Å². The minimum atomic E-state index is -0.495. The zero-order chi connectivity index (χ0) is 15.2. The molecule has 1 aromatic heterocycles. The van der Waals surface area contributed by atoms with Crippen LogP contribution < -0.4 is 10.6 Å². The summed E-state index contributed by atoms with van der Waals surface area (Å²) in [4.78, 5) is 23.7. The summed E-state index contributed by atoms with van der Waals surface area (Å²) in [7, 11) is 0. The molecule has 0 aliphatic rings. The second-order valence-electron chi connectivity index (χ2n) is 5.14. The van der Waals surface area contributed by atoms with Crippen molar-refractivity contribution < 1.29 is 14.3 Å². The molecule has 0 fully saturated rings. The molecule has 1 rings (SSSR count). The van der Waals surface area contributed by atoms with Crippen LogP contribution in [0.15, 0.2) is 15.9 Å². The van der Waals surface area contributed by atoms with Crippen molar-refractivity contribution in [1.82, 2.24) is 10.6 Å². The third kappa shape index (κ3) is 6.91. The van der Waals surface area contributed by atoms with Crippen LogP contribution in [0.2, 0.25) is 0 Å². The zero-order valence-electron chi connectivity index (χ0n) is 11.8. The second-order valence-corrected chi connectivity index (χ2v) is 7.60. The first-order valence-electron chi connectivity index (χ1n) is 6.28. The van der Waals surface area contributed by atoms with Gasteiger partial charge < -0.3 is 15.4 Å². The van der Waals surface area contributed by atoms with Crippen LogP contribution in [0, 0.1) is 0 Å². The van der Waals surface area contributed by atoms with Gasteiger partial charge in [0.05, 0.1) is 8.66 Å². The summed E-state index contributed by atoms with van der Waals surface area (Å²) in [5.41, 5.74) is -0.495. The molecular formula is C13H19BrN2O3S. The van der Waals surface area contributed by atoms with Crippen molar-refractivity contribution in [2.24, 2.45) is 0 Å². The van der Waals surface area contributed by atoms with Crippen molar-refractivity contribution in [3.05, 3.63) is 20.8 Å². The Morgan fingerprint density at radius 1 is 1.25 bits per heavy atom. The summed E-state index contributed by atoms with van der Waals surface area (Å²) in [5.74, 6) is -0.0991. The highest BCUT2D eigenvalue weighted by Gasteiger charge is 2.15. The van der Waals surface area contributed by atoms with Crippen LogP contribution in [0.4, 0.5) is 4.79 Å². The molecule has 1 heterocycles. The molecule has 7 heteroatoms. The first-order chi connectivity index (χ1) is 9.28. The van der Waals surface area contributed by atoms with Gasteiger partial charge in [0.2, 0.25) is 0 Å². The van der Waals surface area contributed by atoms with Gasteiger partial charge in [-0.05, 0) is 55.3 Å². The highest BCUT2D eigenvalue weighted by molar-refractivity contribution is 9.11. The number of nitrogens with one attached hydrogen (secondary N) is 2. The molecule has 0 radical (unpaired) electrons. The molecule has 5 nitrogen and oxygen atoms in total. The van der Waals surface area contributed by atoms with Crippen molar-refractivity contribution in [3.8, 4) is 0 Å². The van der Waals surface area contributed by atoms with E-state index in [2.05, 4.69) is 26.6 Å². The Hall–Kier alpha value is -1.08. The van der Waals surface area contributed by atoms with Gasteiger partial charge in [0, 0.05) is 13.1 Å². The van der Waals surface area contributed by atoms with E-state index < -0.39 is 11.7 Å². The summed E-state index contributed by atoms with van der Waals surface area (Å²) < 4.78 is 6.02. The fourth-order valence-corrected chi connectivity index (χ4v) is 2.62. The Morgan fingerprint density at radius 2 is 1.90 bits per heavy atom. The van der Waals surface area contributed by atoms with E-state index >= 15 is 0 Å². The maximum absolute atomic E-state index is 11.7. The van der Waals surface area contributed by atoms with E-state index in [0.29, 0.717) is 24.4 Å². The smallest absolute Gasteiger partial charge is 0.407 e. The van der Waals surface area contributed by atoms with Crippen LogP contribution in [-0.2, 0) is 4.74 Å². The molecule has 0 aliphatic carbocycles. The lowest BCUT2D eigenvalue weighted by Crippen LogP contribution is -2.34. The monoisotopic (exact) mass is 362 g/mol. The number of carbonyl (C=O) groups excluding carboxylic acids is 2. The zero-order valence-corrected chi connectivity index (χ0v) is 14.2. The molecule has 0 spiro atoms. The number of rotatable bonds is 5. The lowest BCUT2D eigenvalue weighted by molar-refractivity contribution is 0.0527. The van der Waals surface area contributed by atoms with E-state index in [0.717, 1.165) is 3.79 Å². The molecule has 2 amide bonds. The molecule has 112 valence electrons. The van der Waals surface area contributed by atoms with Crippen molar-refractivity contribution in [2.45, 2.75) is 32.8 Å². The van der Waals surface area contributed by atoms with Gasteiger partial charge in [-0.2, -0.15) is 0 Å². The molecule has 0 aliphatic heterocycles. The minimum Gasteiger partial charge on any atom is -0.444 e. The number of amides is 2. The lowest BCUT2D eigenvalue weighted by Gasteiger charge is -2.19. The van der Waals surface area contributed by atoms with Gasteiger partial charge in [0.15, 0.2) is 0 Å². The van der Waals surface area contributed by atoms with Gasteiger partial charge in [-0.3, -0.25) is 4.79 Å². The number of hydrogen-bond donors (Lipinski definition) is 2. The van der Waals surface area contributed by atoms with Crippen LogP contribution in [0.25, 0.3) is 0 Å². The topological polar surface area (TPSA) is 67.4 Å². The van der Waals surface area contributed by atoms with Gasteiger partial charge in [0.25, 0.3) is 5.91 Å². The number of alkyl carbamates (subject to hydrolysis) is 1. The minimum absolute atomic E-state index is 0.0991. The Balaban J connectivity index is 2.13. The first-order valence-corrected chi connectivity index (χ1v) is 7.89. The highest BCUT2D eigenvalue weighted by atomic mass is 79.9. The largest absolute Gasteiger partial charge is 0.444 e. The number of thiophene rings is 1. The summed E-state index contributed by atoms with van der Waals surface area (Å²) in [6.45, 7) is 6.40. The Labute approximate surface area is 131 Å². The average molecular weight is 363 g/mol. The normalized spacial score (nSPS) is 11.0. The van der Waals surface area contributed by atoms with Crippen molar-refractivity contribution in [3.63, 3.8) is 0 Å². The predicted octanol–water partition coefficient (Wildman–Crippen LogP) is 3.16. The van der Waals surface area contributed by atoms with Crippen LogP contribution >= 0.6 is 27.3 Å². The molecular weight excluding hydrogens is 344 g/mol. The average Bonchev–Trinajstić information content (AvgIpc) is 2.73. The number of hydrogen-bond acceptors (Lipinski definition) is 4. The molecule has 2 N–H and O–H groups in total. The van der Waals surface area contributed by atoms with E-state index in [1.165, 1.54) is 11.3 Å². The number of halogens is 1. The van der Waals surface area contributed by atoms with Gasteiger partial charge in [-0.25, -0.2) is 4.79 Å². The third-order valence-electron chi connectivity index (χ3n) is 2.10. The van der Waals surface area contributed by atoms with Crippen LogP contribution in [0.5, 0.6) is 0 Å². The van der Waals surface area contributed by atoms with Gasteiger partial charge >= 0.3 is 6.09 Å². The summed E-state index contributed by atoms with van der Waals surface area (Å²) in [5, 5.41) is 5.43. The van der Waals surface area contributed by atoms with Crippen LogP contribution in [0.1, 0.15) is 36.9 Å². The molecule has 0 bridgehead atoms. The van der Waals surface area contributed by atoms with Crippen LogP contribution in [-0.4, -0.2) is 30.7 Å². The number of ether oxygens (including phenoxy) is 1. The molecule has 0 aromatic carbocycles. The highest BCUT2D eigenvalue weighted by Crippen LogP contribution is 2.21. The van der Waals surface area contributed by atoms with E-state index in [1.54, 1.807) is 6.07 Å². The molecule has 0 atom stereocenters. The lowest BCUT2D eigenvalue weighted by atomic mass is 10.2. The Morgan fingerprint density at radius 3 is 2.45 bits per heavy atom. The second kappa shape index (κ2) is 7.64. The van der Waals surface area contributed by atoms with E-state index in [1.807, 2.05) is 26.8 Å². The molecule has 0 unspecified atom stereocenters. The Kier molecular flexibility index (Phi) is 6.48. The summed E-state index contributed by atoms with van der Waals surface area (Å²) in [6.07, 6.45) is 0.211. The fraction of sp³-hybridized carbons (Fsp3) is 0.538.